The van der Waals surface area contributed by atoms with E-state index in [0.717, 1.165) is 62.9 Å². The van der Waals surface area contributed by atoms with Gasteiger partial charge in [0.05, 0.1) is 32.6 Å². The summed E-state index contributed by atoms with van der Waals surface area (Å²) >= 11 is 3.17. The van der Waals surface area contributed by atoms with E-state index in [0.29, 0.717) is 6.07 Å². The molecule has 0 unspecified atom stereocenters. The molecule has 0 radical (unpaired) electrons. The summed E-state index contributed by atoms with van der Waals surface area (Å²) in [6.45, 7) is 0. The van der Waals surface area contributed by atoms with Gasteiger partial charge in [-0.1, -0.05) is 23.9 Å². The van der Waals surface area contributed by atoms with Gasteiger partial charge in [-0.3, -0.25) is 15.5 Å². The lowest BCUT2D eigenvalue weighted by Gasteiger charge is -2.16. The van der Waals surface area contributed by atoms with E-state index >= 15 is 0 Å². The number of aromatic nitrogens is 1. The van der Waals surface area contributed by atoms with E-state index in [1.54, 1.807) is 23.1 Å². The number of halogens is 3. The highest BCUT2D eigenvalue weighted by Crippen LogP contribution is 2.40. The van der Waals surface area contributed by atoms with Crippen LogP contribution in [0.15, 0.2) is 62.4 Å². The van der Waals surface area contributed by atoms with Crippen LogP contribution < -0.4 is 5.43 Å². The van der Waals surface area contributed by atoms with Gasteiger partial charge in [0.2, 0.25) is 0 Å². The zero-order chi connectivity index (χ0) is 22.7. The van der Waals surface area contributed by atoms with Crippen LogP contribution in [0.4, 0.5) is 24.5 Å². The van der Waals surface area contributed by atoms with Crippen LogP contribution in [-0.2, 0) is 6.18 Å². The predicted octanol–water partition coefficient (Wildman–Crippen LogP) is 7.24. The number of nitro groups is 1. The lowest BCUT2D eigenvalue weighted by molar-refractivity contribution is -0.385. The Morgan fingerprint density at radius 1 is 1.19 bits per heavy atom. The quantitative estimate of drug-likeness (QED) is 0.229. The van der Waals surface area contributed by atoms with Gasteiger partial charge in [0.1, 0.15) is 0 Å². The van der Waals surface area contributed by atoms with Crippen molar-refractivity contribution < 1.29 is 18.1 Å². The van der Waals surface area contributed by atoms with E-state index in [1.165, 1.54) is 6.21 Å². The molecule has 1 aliphatic rings. The molecule has 32 heavy (non-hydrogen) atoms. The van der Waals surface area contributed by atoms with Gasteiger partial charge in [0.15, 0.2) is 4.34 Å². The Kier molecular flexibility index (Phi) is 6.47. The second kappa shape index (κ2) is 9.29. The summed E-state index contributed by atoms with van der Waals surface area (Å²) in [7, 11) is 0. The molecule has 0 fully saturated rings. The van der Waals surface area contributed by atoms with Gasteiger partial charge >= 0.3 is 6.18 Å². The van der Waals surface area contributed by atoms with Crippen molar-refractivity contribution in [2.24, 2.45) is 5.10 Å². The molecule has 4 rings (SSSR count). The van der Waals surface area contributed by atoms with Gasteiger partial charge in [-0.15, -0.1) is 11.3 Å². The number of nitrogens with zero attached hydrogens (tertiary/aromatic N) is 3. The molecule has 1 aromatic heterocycles. The number of nitro benzene ring substituents is 1. The van der Waals surface area contributed by atoms with E-state index in [-0.39, 0.29) is 5.69 Å². The first kappa shape index (κ1) is 22.3. The summed E-state index contributed by atoms with van der Waals surface area (Å²) < 4.78 is 42.0. The van der Waals surface area contributed by atoms with Crippen LogP contribution in [-0.4, -0.2) is 16.1 Å². The molecule has 1 N–H and O–H groups in total. The number of hydrogen-bond acceptors (Lipinski definition) is 7. The van der Waals surface area contributed by atoms with Crippen LogP contribution in [0, 0.1) is 10.1 Å². The molecular weight excluding hydrogens is 461 g/mol. The normalized spacial score (nSPS) is 15.0. The van der Waals surface area contributed by atoms with Gasteiger partial charge in [0.25, 0.3) is 5.69 Å². The molecule has 0 spiro atoms. The predicted molar refractivity (Wildman–Crippen MR) is 121 cm³/mol. The first-order valence-electron chi connectivity index (χ1n) is 9.71. The fourth-order valence-corrected chi connectivity index (χ4v) is 5.63. The minimum Gasteiger partial charge on any atom is -0.278 e. The summed E-state index contributed by atoms with van der Waals surface area (Å²) in [5.41, 5.74) is 2.19. The fourth-order valence-electron chi connectivity index (χ4n) is 3.31. The number of hydrazone groups is 1. The summed E-state index contributed by atoms with van der Waals surface area (Å²) in [6.07, 6.45) is 0.408. The maximum Gasteiger partial charge on any atom is 0.418 e. The number of anilines is 1. The SMILES string of the molecule is O=[N+]([O-])c1ccc(N/N=C\C2=C(Sc3nc4ccccc4s3)CCCC2)c(C(F)(F)F)c1. The Bertz CT molecular complexity index is 1190. The Balaban J connectivity index is 1.55. The maximum atomic E-state index is 13.3. The summed E-state index contributed by atoms with van der Waals surface area (Å²) in [5, 5.41) is 14.8. The van der Waals surface area contributed by atoms with Gasteiger partial charge in [-0.05, 0) is 54.4 Å². The average Bonchev–Trinajstić information content (AvgIpc) is 3.16. The number of thioether (sulfide) groups is 1. The molecule has 0 amide bonds. The summed E-state index contributed by atoms with van der Waals surface area (Å²) in [6, 6.07) is 10.4. The fraction of sp³-hybridized carbons (Fsp3) is 0.238. The molecule has 166 valence electrons. The van der Waals surface area contributed by atoms with E-state index in [4.69, 9.17) is 0 Å². The summed E-state index contributed by atoms with van der Waals surface area (Å²) in [5.74, 6) is 0. The minimum atomic E-state index is -4.75. The third-order valence-corrected chi connectivity index (χ3v) is 7.18. The number of benzene rings is 2. The van der Waals surface area contributed by atoms with Crippen LogP contribution in [0.1, 0.15) is 31.2 Å². The van der Waals surface area contributed by atoms with E-state index in [9.17, 15) is 23.3 Å². The lowest BCUT2D eigenvalue weighted by atomic mass is 10.0. The largest absolute Gasteiger partial charge is 0.418 e. The van der Waals surface area contributed by atoms with Crippen molar-refractivity contribution >= 4 is 50.9 Å². The van der Waals surface area contributed by atoms with Crippen LogP contribution in [0.3, 0.4) is 0 Å². The van der Waals surface area contributed by atoms with Crippen molar-refractivity contribution in [1.82, 2.24) is 4.98 Å². The Morgan fingerprint density at radius 3 is 2.72 bits per heavy atom. The summed E-state index contributed by atoms with van der Waals surface area (Å²) in [4.78, 5) is 15.7. The second-order valence-electron chi connectivity index (χ2n) is 7.06. The van der Waals surface area contributed by atoms with Gasteiger partial charge in [-0.2, -0.15) is 18.3 Å². The lowest BCUT2D eigenvalue weighted by Crippen LogP contribution is -2.09. The number of nitrogens with one attached hydrogen (secondary N) is 1. The molecule has 0 atom stereocenters. The standard InChI is InChI=1S/C21H17F3N4O2S2/c22-21(23,24)15-11-14(28(29)30)9-10-16(15)27-25-12-13-5-1-3-7-18(13)31-20-26-17-6-2-4-8-19(17)32-20/h2,4,6,8-12,27H,1,3,5,7H2/b25-12-. The van der Waals surface area contributed by atoms with Gasteiger partial charge < -0.3 is 0 Å². The number of para-hydroxylation sites is 1. The molecule has 3 aromatic rings. The zero-order valence-corrected chi connectivity index (χ0v) is 18.2. The van der Waals surface area contributed by atoms with Crippen molar-refractivity contribution in [3.63, 3.8) is 0 Å². The first-order valence-corrected chi connectivity index (χ1v) is 11.3. The van der Waals surface area contributed by atoms with Crippen LogP contribution in [0.5, 0.6) is 0 Å². The third-order valence-electron chi connectivity index (χ3n) is 4.87. The average molecular weight is 479 g/mol. The molecule has 0 saturated carbocycles. The monoisotopic (exact) mass is 478 g/mol. The molecule has 2 aromatic carbocycles. The van der Waals surface area contributed by atoms with E-state index in [2.05, 4.69) is 15.5 Å². The number of alkyl halides is 3. The molecule has 0 saturated heterocycles. The zero-order valence-electron chi connectivity index (χ0n) is 16.6. The van der Waals surface area contributed by atoms with Crippen molar-refractivity contribution in [2.75, 3.05) is 5.43 Å². The highest BCUT2D eigenvalue weighted by Gasteiger charge is 2.35. The maximum absolute atomic E-state index is 13.3. The third kappa shape index (κ3) is 5.10. The number of non-ortho nitro benzene ring substituents is 1. The second-order valence-corrected chi connectivity index (χ2v) is 9.43. The van der Waals surface area contributed by atoms with Crippen LogP contribution in [0.2, 0.25) is 0 Å². The van der Waals surface area contributed by atoms with Crippen LogP contribution >= 0.6 is 23.1 Å². The van der Waals surface area contributed by atoms with Crippen molar-refractivity contribution in [2.45, 2.75) is 36.2 Å². The topological polar surface area (TPSA) is 80.4 Å². The van der Waals surface area contributed by atoms with Crippen LogP contribution in [0.25, 0.3) is 10.2 Å². The molecular formula is C21H17F3N4O2S2. The molecule has 6 nitrogen and oxygen atoms in total. The van der Waals surface area contributed by atoms with Gasteiger partial charge in [0, 0.05) is 12.1 Å². The van der Waals surface area contributed by atoms with Crippen molar-refractivity contribution in [3.8, 4) is 0 Å². The van der Waals surface area contributed by atoms with E-state index in [1.807, 2.05) is 24.3 Å². The molecule has 11 heteroatoms. The molecule has 1 heterocycles. The highest BCUT2D eigenvalue weighted by molar-refractivity contribution is 8.04. The van der Waals surface area contributed by atoms with Crippen molar-refractivity contribution in [1.29, 1.82) is 0 Å². The molecule has 1 aliphatic carbocycles. The Hall–Kier alpha value is -2.92. The Labute approximate surface area is 189 Å². The molecule has 0 bridgehead atoms. The van der Waals surface area contributed by atoms with Crippen molar-refractivity contribution in [3.05, 3.63) is 68.6 Å². The number of rotatable bonds is 6. The Morgan fingerprint density at radius 2 is 1.97 bits per heavy atom. The number of hydrogen-bond donors (Lipinski definition) is 1. The minimum absolute atomic E-state index is 0.337. The first-order chi connectivity index (χ1) is 15.3. The number of fused-ring (bicyclic) bond motifs is 1. The van der Waals surface area contributed by atoms with E-state index < -0.39 is 22.4 Å². The highest BCUT2D eigenvalue weighted by atomic mass is 32.2. The smallest absolute Gasteiger partial charge is 0.278 e. The number of thiazole rings is 1. The van der Waals surface area contributed by atoms with Gasteiger partial charge in [-0.25, -0.2) is 4.98 Å². The number of allylic oxidation sites excluding steroid dienone is 2. The molecule has 0 aliphatic heterocycles.